The molecule has 2 aromatic rings. The van der Waals surface area contributed by atoms with Gasteiger partial charge in [0, 0.05) is 25.5 Å². The molecule has 1 fully saturated rings. The van der Waals surface area contributed by atoms with Gasteiger partial charge >= 0.3 is 0 Å². The molecule has 23 heavy (non-hydrogen) atoms. The Morgan fingerprint density at radius 3 is 2.78 bits per heavy atom. The highest BCUT2D eigenvalue weighted by molar-refractivity contribution is 7.88. The van der Waals surface area contributed by atoms with Crippen LogP contribution in [0, 0.1) is 12.8 Å². The summed E-state index contributed by atoms with van der Waals surface area (Å²) in [7, 11) is -3.12. The molecule has 0 amide bonds. The molecule has 0 aromatic carbocycles. The standard InChI is InChI=1S/C15H20N4O2S2/c1-11-15(22-10-18-11)14-13(16-5-6-17-14)8-12-4-3-7-19(9-12)23(2,20)21/h5-6,10,12H,3-4,7-9H2,1-2H3/t12-/m0/s1. The lowest BCUT2D eigenvalue weighted by molar-refractivity contribution is 0.265. The van der Waals surface area contributed by atoms with Crippen LogP contribution < -0.4 is 0 Å². The minimum atomic E-state index is -3.12. The molecule has 2 aromatic heterocycles. The number of rotatable bonds is 4. The zero-order chi connectivity index (χ0) is 16.4. The molecule has 0 bridgehead atoms. The molecule has 124 valence electrons. The molecule has 1 aliphatic heterocycles. The Balaban J connectivity index is 1.82. The largest absolute Gasteiger partial charge is 0.257 e. The van der Waals surface area contributed by atoms with Crippen LogP contribution in [0.1, 0.15) is 24.2 Å². The number of thiazole rings is 1. The molecule has 0 radical (unpaired) electrons. The van der Waals surface area contributed by atoms with Crippen molar-refractivity contribution in [1.82, 2.24) is 19.3 Å². The summed E-state index contributed by atoms with van der Waals surface area (Å²) < 4.78 is 25.1. The predicted octanol–water partition coefficient (Wildman–Crippen LogP) is 2.12. The Kier molecular flexibility index (Phi) is 4.74. The lowest BCUT2D eigenvalue weighted by atomic mass is 9.93. The van der Waals surface area contributed by atoms with Crippen molar-refractivity contribution in [2.45, 2.75) is 26.2 Å². The first-order valence-electron chi connectivity index (χ1n) is 7.60. The first-order valence-corrected chi connectivity index (χ1v) is 10.3. The van der Waals surface area contributed by atoms with Gasteiger partial charge in [0.25, 0.3) is 0 Å². The van der Waals surface area contributed by atoms with Crippen molar-refractivity contribution in [3.8, 4) is 10.6 Å². The van der Waals surface area contributed by atoms with Gasteiger partial charge in [0.05, 0.1) is 28.0 Å². The molecule has 1 atom stereocenters. The highest BCUT2D eigenvalue weighted by Crippen LogP contribution is 2.30. The molecule has 6 nitrogen and oxygen atoms in total. The molecule has 0 saturated carbocycles. The number of piperidine rings is 1. The van der Waals surface area contributed by atoms with E-state index in [0.717, 1.165) is 41.2 Å². The second kappa shape index (κ2) is 6.62. The van der Waals surface area contributed by atoms with E-state index < -0.39 is 10.0 Å². The normalized spacial score (nSPS) is 19.8. The van der Waals surface area contributed by atoms with Gasteiger partial charge in [-0.15, -0.1) is 11.3 Å². The first kappa shape index (κ1) is 16.5. The smallest absolute Gasteiger partial charge is 0.211 e. The molecular weight excluding hydrogens is 332 g/mol. The van der Waals surface area contributed by atoms with Crippen LogP contribution in [0.3, 0.4) is 0 Å². The van der Waals surface area contributed by atoms with Crippen molar-refractivity contribution in [3.05, 3.63) is 29.3 Å². The Morgan fingerprint density at radius 2 is 2.09 bits per heavy atom. The zero-order valence-corrected chi connectivity index (χ0v) is 14.9. The lowest BCUT2D eigenvalue weighted by Gasteiger charge is -2.30. The van der Waals surface area contributed by atoms with Crippen LogP contribution in [0.15, 0.2) is 17.9 Å². The average Bonchev–Trinajstić information content (AvgIpc) is 2.93. The van der Waals surface area contributed by atoms with Gasteiger partial charge in [-0.3, -0.25) is 9.97 Å². The SMILES string of the molecule is Cc1ncsc1-c1nccnc1C[C@@H]1CCCN(S(C)(=O)=O)C1. The van der Waals surface area contributed by atoms with Crippen LogP contribution in [0.25, 0.3) is 10.6 Å². The molecule has 8 heteroatoms. The molecule has 3 rings (SSSR count). The minimum absolute atomic E-state index is 0.280. The van der Waals surface area contributed by atoms with Crippen LogP contribution in [-0.4, -0.2) is 47.0 Å². The second-order valence-electron chi connectivity index (χ2n) is 5.95. The first-order chi connectivity index (χ1) is 10.9. The van der Waals surface area contributed by atoms with Crippen molar-refractivity contribution in [2.75, 3.05) is 19.3 Å². The van der Waals surface area contributed by atoms with Gasteiger partial charge in [-0.1, -0.05) is 0 Å². The van der Waals surface area contributed by atoms with Gasteiger partial charge in [-0.25, -0.2) is 17.7 Å². The van der Waals surface area contributed by atoms with E-state index in [2.05, 4.69) is 15.0 Å². The van der Waals surface area contributed by atoms with Gasteiger partial charge in [0.2, 0.25) is 10.0 Å². The van der Waals surface area contributed by atoms with Crippen LogP contribution in [0.5, 0.6) is 0 Å². The van der Waals surface area contributed by atoms with Crippen LogP contribution in [0.4, 0.5) is 0 Å². The summed E-state index contributed by atoms with van der Waals surface area (Å²) in [6.07, 6.45) is 7.33. The maximum atomic E-state index is 11.8. The Morgan fingerprint density at radius 1 is 1.30 bits per heavy atom. The third-order valence-electron chi connectivity index (χ3n) is 4.17. The highest BCUT2D eigenvalue weighted by atomic mass is 32.2. The number of hydrogen-bond donors (Lipinski definition) is 0. The summed E-state index contributed by atoms with van der Waals surface area (Å²) in [5.74, 6) is 0.280. The van der Waals surface area contributed by atoms with E-state index in [1.54, 1.807) is 28.0 Å². The molecule has 1 aliphatic rings. The Hall–Kier alpha value is -1.38. The van der Waals surface area contributed by atoms with Crippen molar-refractivity contribution < 1.29 is 8.42 Å². The van der Waals surface area contributed by atoms with Crippen LogP contribution in [-0.2, 0) is 16.4 Å². The maximum Gasteiger partial charge on any atom is 0.211 e. The topological polar surface area (TPSA) is 76.1 Å². The van der Waals surface area contributed by atoms with E-state index in [1.165, 1.54) is 6.26 Å². The number of nitrogens with zero attached hydrogens (tertiary/aromatic N) is 4. The second-order valence-corrected chi connectivity index (χ2v) is 8.79. The molecule has 0 N–H and O–H groups in total. The third kappa shape index (κ3) is 3.76. The van der Waals surface area contributed by atoms with E-state index in [-0.39, 0.29) is 5.92 Å². The maximum absolute atomic E-state index is 11.8. The van der Waals surface area contributed by atoms with Crippen molar-refractivity contribution in [1.29, 1.82) is 0 Å². The van der Waals surface area contributed by atoms with Crippen molar-refractivity contribution in [3.63, 3.8) is 0 Å². The van der Waals surface area contributed by atoms with Gasteiger partial charge in [-0.05, 0) is 32.1 Å². The number of hydrogen-bond acceptors (Lipinski definition) is 6. The molecule has 0 unspecified atom stereocenters. The van der Waals surface area contributed by atoms with Gasteiger partial charge in [0.15, 0.2) is 0 Å². The van der Waals surface area contributed by atoms with Gasteiger partial charge in [-0.2, -0.15) is 0 Å². The number of sulfonamides is 1. The average molecular weight is 352 g/mol. The summed E-state index contributed by atoms with van der Waals surface area (Å²) in [5, 5.41) is 0. The molecule has 1 saturated heterocycles. The van der Waals surface area contributed by atoms with E-state index >= 15 is 0 Å². The van der Waals surface area contributed by atoms with Crippen molar-refractivity contribution in [2.24, 2.45) is 5.92 Å². The van der Waals surface area contributed by atoms with E-state index in [4.69, 9.17) is 0 Å². The van der Waals surface area contributed by atoms with Gasteiger partial charge < -0.3 is 0 Å². The fraction of sp³-hybridized carbons (Fsp3) is 0.533. The quantitative estimate of drug-likeness (QED) is 0.842. The molecule has 0 spiro atoms. The Labute approximate surface area is 140 Å². The number of aromatic nitrogens is 3. The summed E-state index contributed by atoms with van der Waals surface area (Å²) in [6.45, 7) is 3.16. The van der Waals surface area contributed by atoms with Crippen LogP contribution in [0.2, 0.25) is 0 Å². The van der Waals surface area contributed by atoms with E-state index in [1.807, 2.05) is 12.4 Å². The monoisotopic (exact) mass is 352 g/mol. The summed E-state index contributed by atoms with van der Waals surface area (Å²) in [5.41, 5.74) is 4.58. The fourth-order valence-electron chi connectivity index (χ4n) is 3.00. The highest BCUT2D eigenvalue weighted by Gasteiger charge is 2.27. The van der Waals surface area contributed by atoms with E-state index in [9.17, 15) is 8.42 Å². The predicted molar refractivity (Wildman–Crippen MR) is 90.7 cm³/mol. The minimum Gasteiger partial charge on any atom is -0.257 e. The molecular formula is C15H20N4O2S2. The summed E-state index contributed by atoms with van der Waals surface area (Å²) in [6, 6.07) is 0. The Bertz CT molecular complexity index is 788. The third-order valence-corrected chi connectivity index (χ3v) is 6.37. The zero-order valence-electron chi connectivity index (χ0n) is 13.3. The van der Waals surface area contributed by atoms with Gasteiger partial charge in [0.1, 0.15) is 5.69 Å². The van der Waals surface area contributed by atoms with Crippen LogP contribution >= 0.6 is 11.3 Å². The summed E-state index contributed by atoms with van der Waals surface area (Å²) in [4.78, 5) is 14.3. The van der Waals surface area contributed by atoms with E-state index in [0.29, 0.717) is 13.1 Å². The fourth-order valence-corrected chi connectivity index (χ4v) is 4.77. The molecule has 3 heterocycles. The lowest BCUT2D eigenvalue weighted by Crippen LogP contribution is -2.39. The molecule has 0 aliphatic carbocycles. The van der Waals surface area contributed by atoms with Crippen molar-refractivity contribution >= 4 is 21.4 Å². The number of aryl methyl sites for hydroxylation is 1. The summed E-state index contributed by atoms with van der Waals surface area (Å²) >= 11 is 1.56.